The summed E-state index contributed by atoms with van der Waals surface area (Å²) in [7, 11) is -2.34. The second-order valence-corrected chi connectivity index (χ2v) is 16.1. The van der Waals surface area contributed by atoms with E-state index in [1.54, 1.807) is 12.1 Å². The highest BCUT2D eigenvalue weighted by Crippen LogP contribution is 2.47. The topological polar surface area (TPSA) is 63.2 Å². The van der Waals surface area contributed by atoms with Crippen LogP contribution in [-0.4, -0.2) is 50.7 Å². The summed E-state index contributed by atoms with van der Waals surface area (Å²) in [5.41, 5.74) is 1.38. The summed E-state index contributed by atoms with van der Waals surface area (Å²) < 4.78 is 31.6. The molecule has 0 aromatic heterocycles. The zero-order chi connectivity index (χ0) is 26.1. The van der Waals surface area contributed by atoms with Crippen LogP contribution in [0, 0.1) is 5.92 Å². The maximum absolute atomic E-state index is 13.1. The zero-order valence-corrected chi connectivity index (χ0v) is 23.8. The number of hydrogen-bond acceptors (Lipinski definition) is 7. The van der Waals surface area contributed by atoms with E-state index in [0.29, 0.717) is 18.1 Å². The number of benzene rings is 2. The van der Waals surface area contributed by atoms with Gasteiger partial charge in [0.05, 0.1) is 17.4 Å². The first-order valence-electron chi connectivity index (χ1n) is 12.6. The molecule has 8 heteroatoms. The van der Waals surface area contributed by atoms with Crippen LogP contribution < -0.4 is 0 Å². The molecule has 2 heterocycles. The highest BCUT2D eigenvalue weighted by atomic mass is 32.1. The molecule has 4 rings (SSSR count). The Balaban J connectivity index is 1.60. The van der Waals surface area contributed by atoms with Crippen LogP contribution in [-0.2, 0) is 23.4 Å². The van der Waals surface area contributed by atoms with E-state index in [1.165, 1.54) is 0 Å². The lowest BCUT2D eigenvalue weighted by Crippen LogP contribution is -2.63. The average Bonchev–Trinajstić information content (AvgIpc) is 2.86. The smallest absolute Gasteiger partial charge is 0.338 e. The minimum atomic E-state index is -2.34. The predicted molar refractivity (Wildman–Crippen MR) is 145 cm³/mol. The van der Waals surface area contributed by atoms with Gasteiger partial charge in [-0.15, -0.1) is 0 Å². The number of rotatable bonds is 7. The molecule has 0 saturated carbocycles. The molecule has 6 atom stereocenters. The Bertz CT molecular complexity index is 1020. The number of carbonyl (C=O) groups is 1. The molecule has 0 spiro atoms. The quantitative estimate of drug-likeness (QED) is 0.269. The predicted octanol–water partition coefficient (Wildman–Crippen LogP) is 6.01. The molecule has 2 aromatic carbocycles. The van der Waals surface area contributed by atoms with Gasteiger partial charge < -0.3 is 23.4 Å². The summed E-state index contributed by atoms with van der Waals surface area (Å²) in [6.07, 6.45) is -2.91. The molecule has 6 nitrogen and oxygen atoms in total. The van der Waals surface area contributed by atoms with Gasteiger partial charge in [-0.2, -0.15) is 12.6 Å². The number of carbonyl (C=O) groups excluding carboxylic acids is 1. The number of hydrogen-bond donors (Lipinski definition) is 1. The van der Waals surface area contributed by atoms with Crippen molar-refractivity contribution in [1.29, 1.82) is 0 Å². The number of esters is 1. The molecular formula is C28H38O6SSi. The highest BCUT2D eigenvalue weighted by molar-refractivity contribution is 7.81. The first-order valence-corrected chi connectivity index (χ1v) is 16.0. The minimum absolute atomic E-state index is 0.0503. The number of thiol groups is 1. The van der Waals surface area contributed by atoms with E-state index in [-0.39, 0.29) is 5.04 Å². The summed E-state index contributed by atoms with van der Waals surface area (Å²) in [6.45, 7) is 13.6. The molecular weight excluding hydrogens is 492 g/mol. The van der Waals surface area contributed by atoms with Gasteiger partial charge in [-0.3, -0.25) is 0 Å². The van der Waals surface area contributed by atoms with Crippen molar-refractivity contribution in [2.45, 2.75) is 82.0 Å². The zero-order valence-electron chi connectivity index (χ0n) is 21.9. The Morgan fingerprint density at radius 1 is 1.03 bits per heavy atom. The van der Waals surface area contributed by atoms with E-state index in [9.17, 15) is 4.79 Å². The van der Waals surface area contributed by atoms with Gasteiger partial charge in [0.2, 0.25) is 0 Å². The van der Waals surface area contributed by atoms with Gasteiger partial charge in [0.25, 0.3) is 0 Å². The van der Waals surface area contributed by atoms with Crippen LogP contribution in [0.3, 0.4) is 0 Å². The average molecular weight is 531 g/mol. The van der Waals surface area contributed by atoms with Crippen LogP contribution >= 0.6 is 12.6 Å². The molecule has 0 amide bonds. The number of ether oxygens (including phenoxy) is 4. The SMILES string of the molecule is CC(C)C(C)(C)[Si](C)(C)O[C@@H]1O[C@@H]2COC(c3ccccc3)O[C@@H]2[C@H](S)[C@H]1OC(=O)c1ccccc1. The lowest BCUT2D eigenvalue weighted by Gasteiger charge is -2.51. The summed E-state index contributed by atoms with van der Waals surface area (Å²) in [6, 6.07) is 18.7. The largest absolute Gasteiger partial charge is 0.452 e. The van der Waals surface area contributed by atoms with Gasteiger partial charge in [-0.25, -0.2) is 4.79 Å². The first-order chi connectivity index (χ1) is 17.0. The fourth-order valence-electron chi connectivity index (χ4n) is 4.47. The number of fused-ring (bicyclic) bond motifs is 1. The monoisotopic (exact) mass is 530 g/mol. The maximum atomic E-state index is 13.1. The molecule has 2 fully saturated rings. The molecule has 0 aliphatic carbocycles. The fraction of sp³-hybridized carbons (Fsp3) is 0.536. The third kappa shape index (κ3) is 5.59. The van der Waals surface area contributed by atoms with Gasteiger partial charge in [-0.05, 0) is 36.2 Å². The van der Waals surface area contributed by atoms with E-state index in [0.717, 1.165) is 5.56 Å². The van der Waals surface area contributed by atoms with Crippen molar-refractivity contribution in [3.8, 4) is 0 Å². The van der Waals surface area contributed by atoms with E-state index >= 15 is 0 Å². The molecule has 2 aliphatic heterocycles. The second kappa shape index (κ2) is 11.0. The summed E-state index contributed by atoms with van der Waals surface area (Å²) in [5, 5.41) is -0.519. The van der Waals surface area contributed by atoms with Crippen molar-refractivity contribution < 1.29 is 28.2 Å². The highest BCUT2D eigenvalue weighted by Gasteiger charge is 2.54. The van der Waals surface area contributed by atoms with Crippen molar-refractivity contribution in [3.63, 3.8) is 0 Å². The van der Waals surface area contributed by atoms with Crippen molar-refractivity contribution in [2.24, 2.45) is 5.92 Å². The van der Waals surface area contributed by atoms with E-state index in [2.05, 4.69) is 40.8 Å². The minimum Gasteiger partial charge on any atom is -0.452 e. The maximum Gasteiger partial charge on any atom is 0.338 e. The van der Waals surface area contributed by atoms with Crippen LogP contribution in [0.4, 0.5) is 0 Å². The van der Waals surface area contributed by atoms with E-state index < -0.39 is 50.4 Å². The van der Waals surface area contributed by atoms with Gasteiger partial charge in [0.1, 0.15) is 12.2 Å². The van der Waals surface area contributed by atoms with Crippen LogP contribution in [0.1, 0.15) is 49.9 Å². The van der Waals surface area contributed by atoms with Crippen molar-refractivity contribution in [1.82, 2.24) is 0 Å². The molecule has 0 radical (unpaired) electrons. The van der Waals surface area contributed by atoms with Gasteiger partial charge >= 0.3 is 5.97 Å². The Labute approximate surface area is 221 Å². The van der Waals surface area contributed by atoms with Crippen LogP contribution in [0.2, 0.25) is 18.1 Å². The molecule has 36 heavy (non-hydrogen) atoms. The standard InChI is InChI=1S/C28H38O6SSi/c1-18(2)28(3,4)36(5,6)34-27-23(32-25(29)19-13-9-7-10-14-19)24(35)22-21(31-27)17-30-26(33-22)20-15-11-8-12-16-20/h7-16,18,21-24,26-27,35H,17H2,1-6H3/t21-,22+,23-,24+,26?,27+/m1/s1. The van der Waals surface area contributed by atoms with Gasteiger partial charge in [0.15, 0.2) is 27.0 Å². The normalized spacial score (nSPS) is 29.0. The van der Waals surface area contributed by atoms with Crippen LogP contribution in [0.25, 0.3) is 0 Å². The summed E-state index contributed by atoms with van der Waals surface area (Å²) >= 11 is 4.94. The summed E-state index contributed by atoms with van der Waals surface area (Å²) in [4.78, 5) is 13.1. The fourth-order valence-corrected chi connectivity index (χ4v) is 7.40. The van der Waals surface area contributed by atoms with Crippen molar-refractivity contribution >= 4 is 26.9 Å². The lowest BCUT2D eigenvalue weighted by atomic mass is 9.99. The Hall–Kier alpha value is -1.68. The summed E-state index contributed by atoms with van der Waals surface area (Å²) in [5.74, 6) is -0.0369. The third-order valence-corrected chi connectivity index (χ3v) is 13.1. The molecule has 2 saturated heterocycles. The lowest BCUT2D eigenvalue weighted by molar-refractivity contribution is -0.322. The third-order valence-electron chi connectivity index (χ3n) is 8.04. The first kappa shape index (κ1) is 27.4. The molecule has 0 bridgehead atoms. The van der Waals surface area contributed by atoms with E-state index in [4.69, 9.17) is 36.0 Å². The van der Waals surface area contributed by atoms with Crippen molar-refractivity contribution in [2.75, 3.05) is 6.61 Å². The Morgan fingerprint density at radius 2 is 1.64 bits per heavy atom. The van der Waals surface area contributed by atoms with Crippen LogP contribution in [0.15, 0.2) is 60.7 Å². The molecule has 0 N–H and O–H groups in total. The van der Waals surface area contributed by atoms with Crippen molar-refractivity contribution in [3.05, 3.63) is 71.8 Å². The Kier molecular flexibility index (Phi) is 8.34. The second-order valence-electron chi connectivity index (χ2n) is 11.0. The van der Waals surface area contributed by atoms with Gasteiger partial charge in [0, 0.05) is 5.56 Å². The molecule has 196 valence electrons. The van der Waals surface area contributed by atoms with Crippen LogP contribution in [0.5, 0.6) is 0 Å². The molecule has 1 unspecified atom stereocenters. The molecule has 2 aromatic rings. The van der Waals surface area contributed by atoms with E-state index in [1.807, 2.05) is 48.5 Å². The molecule has 2 aliphatic rings. The Morgan fingerprint density at radius 3 is 2.25 bits per heavy atom. The van der Waals surface area contributed by atoms with Gasteiger partial charge in [-0.1, -0.05) is 76.2 Å².